The Morgan fingerprint density at radius 1 is 1.11 bits per heavy atom. The van der Waals surface area contributed by atoms with Gasteiger partial charge in [-0.15, -0.1) is 5.10 Å². The summed E-state index contributed by atoms with van der Waals surface area (Å²) in [6.07, 6.45) is 0. The molecule has 0 aliphatic heterocycles. The van der Waals surface area contributed by atoms with Gasteiger partial charge in [-0.3, -0.25) is 14.6 Å². The van der Waals surface area contributed by atoms with Crippen LogP contribution in [-0.2, 0) is 0 Å². The molecule has 2 N–H and O–H groups in total. The van der Waals surface area contributed by atoms with E-state index in [0.717, 1.165) is 5.56 Å². The number of aromatic amines is 1. The van der Waals surface area contributed by atoms with Crippen molar-refractivity contribution in [1.82, 2.24) is 19.6 Å². The van der Waals surface area contributed by atoms with Gasteiger partial charge in [0.05, 0.1) is 7.11 Å². The lowest BCUT2D eigenvalue weighted by Gasteiger charge is -2.07. The third-order valence-corrected chi connectivity index (χ3v) is 3.96. The summed E-state index contributed by atoms with van der Waals surface area (Å²) < 4.78 is 6.48. The van der Waals surface area contributed by atoms with E-state index in [1.807, 2.05) is 30.3 Å². The minimum atomic E-state index is -0.389. The van der Waals surface area contributed by atoms with Crippen LogP contribution in [0.5, 0.6) is 5.75 Å². The molecule has 2 aromatic carbocycles. The molecule has 27 heavy (non-hydrogen) atoms. The number of carbonyl (C=O) groups is 1. The zero-order chi connectivity index (χ0) is 18.8. The van der Waals surface area contributed by atoms with Gasteiger partial charge in [-0.1, -0.05) is 30.3 Å². The van der Waals surface area contributed by atoms with Crippen LogP contribution in [0, 0.1) is 0 Å². The number of carbonyl (C=O) groups excluding carboxylic acids is 1. The molecular weight excluding hydrogens is 346 g/mol. The minimum Gasteiger partial charge on any atom is -0.497 e. The van der Waals surface area contributed by atoms with Gasteiger partial charge < -0.3 is 10.1 Å². The summed E-state index contributed by atoms with van der Waals surface area (Å²) >= 11 is 0. The van der Waals surface area contributed by atoms with E-state index in [2.05, 4.69) is 20.4 Å². The highest BCUT2D eigenvalue weighted by atomic mass is 16.5. The summed E-state index contributed by atoms with van der Waals surface area (Å²) in [5.41, 5.74) is 0.835. The van der Waals surface area contributed by atoms with E-state index in [-0.39, 0.29) is 23.1 Å². The second kappa shape index (κ2) is 6.75. The summed E-state index contributed by atoms with van der Waals surface area (Å²) in [5, 5.41) is 7.10. The zero-order valence-electron chi connectivity index (χ0n) is 14.3. The van der Waals surface area contributed by atoms with Crippen molar-refractivity contribution >= 4 is 17.5 Å². The Hall–Kier alpha value is -3.94. The van der Waals surface area contributed by atoms with E-state index >= 15 is 0 Å². The fraction of sp³-hybridized carbons (Fsp3) is 0.0526. The number of benzene rings is 2. The highest BCUT2D eigenvalue weighted by Gasteiger charge is 2.14. The summed E-state index contributed by atoms with van der Waals surface area (Å²) in [4.78, 5) is 31.4. The summed E-state index contributed by atoms with van der Waals surface area (Å²) in [5.74, 6) is 1.18. The number of rotatable bonds is 4. The van der Waals surface area contributed by atoms with Crippen LogP contribution in [0.2, 0.25) is 0 Å². The molecule has 4 rings (SSSR count). The third-order valence-electron chi connectivity index (χ3n) is 3.96. The Balaban J connectivity index is 1.71. The van der Waals surface area contributed by atoms with Crippen molar-refractivity contribution in [1.29, 1.82) is 0 Å². The van der Waals surface area contributed by atoms with Gasteiger partial charge in [-0.25, -0.2) is 0 Å². The Labute approximate surface area is 153 Å². The van der Waals surface area contributed by atoms with Gasteiger partial charge in [-0.05, 0) is 24.3 Å². The molecule has 0 bridgehead atoms. The number of amides is 1. The summed E-state index contributed by atoms with van der Waals surface area (Å²) in [7, 11) is 1.55. The molecule has 0 aliphatic rings. The molecule has 134 valence electrons. The van der Waals surface area contributed by atoms with Crippen LogP contribution >= 0.6 is 0 Å². The van der Waals surface area contributed by atoms with Crippen molar-refractivity contribution in [3.63, 3.8) is 0 Å². The number of H-pyrrole nitrogens is 1. The first-order chi connectivity index (χ1) is 13.1. The Bertz CT molecular complexity index is 1160. The second-order valence-corrected chi connectivity index (χ2v) is 5.74. The topological polar surface area (TPSA) is 101 Å². The average molecular weight is 361 g/mol. The maximum absolute atomic E-state index is 12.5. The lowest BCUT2D eigenvalue weighted by atomic mass is 10.2. The predicted octanol–water partition coefficient (Wildman–Crippen LogP) is 2.35. The first-order valence-corrected chi connectivity index (χ1v) is 8.15. The molecule has 0 spiro atoms. The SMILES string of the molecule is COc1ccc(C(=O)Nc2cc(=O)[nH]c3nc(-c4ccccc4)nn23)cc1. The number of anilines is 1. The number of fused-ring (bicyclic) bond motifs is 1. The molecule has 2 heterocycles. The van der Waals surface area contributed by atoms with Crippen LogP contribution in [0.4, 0.5) is 5.82 Å². The largest absolute Gasteiger partial charge is 0.497 e. The standard InChI is InChI=1S/C19H15N5O3/c1-27-14-9-7-13(8-10-14)18(26)20-15-11-16(25)21-19-22-17(23-24(15)19)12-5-3-2-4-6-12/h2-11H,1H3,(H,20,26)(H,21,22,23,25). The third kappa shape index (κ3) is 3.28. The second-order valence-electron chi connectivity index (χ2n) is 5.74. The lowest BCUT2D eigenvalue weighted by molar-refractivity contribution is 0.102. The molecule has 0 fully saturated rings. The van der Waals surface area contributed by atoms with Crippen LogP contribution in [0.25, 0.3) is 17.2 Å². The van der Waals surface area contributed by atoms with Crippen molar-refractivity contribution < 1.29 is 9.53 Å². The van der Waals surface area contributed by atoms with E-state index in [0.29, 0.717) is 17.1 Å². The molecule has 0 radical (unpaired) electrons. The highest BCUT2D eigenvalue weighted by Crippen LogP contribution is 2.17. The van der Waals surface area contributed by atoms with Crippen LogP contribution < -0.4 is 15.6 Å². The molecular formula is C19H15N5O3. The summed E-state index contributed by atoms with van der Waals surface area (Å²) in [6.45, 7) is 0. The number of aromatic nitrogens is 4. The number of ether oxygens (including phenoxy) is 1. The molecule has 0 aliphatic carbocycles. The zero-order valence-corrected chi connectivity index (χ0v) is 14.3. The van der Waals surface area contributed by atoms with E-state index in [1.54, 1.807) is 31.4 Å². The van der Waals surface area contributed by atoms with E-state index in [1.165, 1.54) is 10.6 Å². The smallest absolute Gasteiger partial charge is 0.256 e. The van der Waals surface area contributed by atoms with E-state index in [9.17, 15) is 9.59 Å². The fourth-order valence-electron chi connectivity index (χ4n) is 2.62. The Morgan fingerprint density at radius 2 is 1.85 bits per heavy atom. The molecule has 4 aromatic rings. The molecule has 8 nitrogen and oxygen atoms in total. The first kappa shape index (κ1) is 16.5. The van der Waals surface area contributed by atoms with Gasteiger partial charge in [0, 0.05) is 17.2 Å². The molecule has 0 saturated heterocycles. The molecule has 8 heteroatoms. The van der Waals surface area contributed by atoms with Crippen molar-refractivity contribution in [2.24, 2.45) is 0 Å². The molecule has 0 unspecified atom stereocenters. The van der Waals surface area contributed by atoms with Crippen molar-refractivity contribution in [2.45, 2.75) is 0 Å². The Kier molecular flexibility index (Phi) is 4.13. The fourth-order valence-corrected chi connectivity index (χ4v) is 2.62. The number of hydrogen-bond acceptors (Lipinski definition) is 5. The summed E-state index contributed by atoms with van der Waals surface area (Å²) in [6, 6.07) is 17.3. The van der Waals surface area contributed by atoms with Gasteiger partial charge >= 0.3 is 0 Å². The van der Waals surface area contributed by atoms with Gasteiger partial charge in [-0.2, -0.15) is 9.50 Å². The van der Waals surface area contributed by atoms with Gasteiger partial charge in [0.15, 0.2) is 5.82 Å². The normalized spacial score (nSPS) is 10.7. The van der Waals surface area contributed by atoms with Crippen LogP contribution in [0.1, 0.15) is 10.4 Å². The lowest BCUT2D eigenvalue weighted by Crippen LogP contribution is -2.18. The average Bonchev–Trinajstić information content (AvgIpc) is 3.13. The maximum Gasteiger partial charge on any atom is 0.256 e. The quantitative estimate of drug-likeness (QED) is 0.581. The van der Waals surface area contributed by atoms with Crippen molar-refractivity contribution in [2.75, 3.05) is 12.4 Å². The molecule has 0 saturated carbocycles. The van der Waals surface area contributed by atoms with E-state index in [4.69, 9.17) is 4.74 Å². The van der Waals surface area contributed by atoms with Crippen LogP contribution in [0.3, 0.4) is 0 Å². The number of nitrogens with one attached hydrogen (secondary N) is 2. The monoisotopic (exact) mass is 361 g/mol. The van der Waals surface area contributed by atoms with Crippen LogP contribution in [0.15, 0.2) is 65.5 Å². The van der Waals surface area contributed by atoms with Gasteiger partial charge in [0.1, 0.15) is 11.6 Å². The maximum atomic E-state index is 12.5. The number of hydrogen-bond donors (Lipinski definition) is 2. The Morgan fingerprint density at radius 3 is 2.56 bits per heavy atom. The number of nitrogens with zero attached hydrogens (tertiary/aromatic N) is 3. The van der Waals surface area contributed by atoms with Gasteiger partial charge in [0.25, 0.3) is 11.5 Å². The minimum absolute atomic E-state index is 0.226. The first-order valence-electron chi connectivity index (χ1n) is 8.15. The van der Waals surface area contributed by atoms with Crippen molar-refractivity contribution in [3.05, 3.63) is 76.6 Å². The molecule has 2 aromatic heterocycles. The van der Waals surface area contributed by atoms with Crippen LogP contribution in [-0.4, -0.2) is 32.6 Å². The number of methoxy groups -OCH3 is 1. The molecule has 0 atom stereocenters. The van der Waals surface area contributed by atoms with E-state index < -0.39 is 0 Å². The van der Waals surface area contributed by atoms with Crippen molar-refractivity contribution in [3.8, 4) is 17.1 Å². The predicted molar refractivity (Wildman–Crippen MR) is 100.0 cm³/mol. The van der Waals surface area contributed by atoms with Gasteiger partial charge in [0.2, 0.25) is 5.78 Å². The molecule has 1 amide bonds. The highest BCUT2D eigenvalue weighted by molar-refractivity contribution is 6.03.